The number of aliphatic hydroxyl groups excluding tert-OH is 1. The maximum absolute atomic E-state index is 9.20. The van der Waals surface area contributed by atoms with Crippen molar-refractivity contribution in [3.05, 3.63) is 47.2 Å². The van der Waals surface area contributed by atoms with Crippen LogP contribution in [0.25, 0.3) is 0 Å². The molecule has 1 aliphatic carbocycles. The van der Waals surface area contributed by atoms with Crippen molar-refractivity contribution in [1.82, 2.24) is 15.1 Å². The summed E-state index contributed by atoms with van der Waals surface area (Å²) in [5, 5.41) is 17.2. The molecule has 0 amide bonds. The van der Waals surface area contributed by atoms with E-state index in [0.717, 1.165) is 25.8 Å². The second-order valence-corrected chi connectivity index (χ2v) is 5.87. The second-order valence-electron chi connectivity index (χ2n) is 5.87. The minimum Gasteiger partial charge on any atom is -0.424 e. The van der Waals surface area contributed by atoms with Crippen LogP contribution < -0.4 is 0 Å². The van der Waals surface area contributed by atoms with Gasteiger partial charge in [0.25, 0.3) is 0 Å². The lowest BCUT2D eigenvalue weighted by Gasteiger charge is -2.35. The van der Waals surface area contributed by atoms with Crippen molar-refractivity contribution < 1.29 is 9.52 Å². The minimum absolute atomic E-state index is 0.202. The molecule has 0 spiro atoms. The van der Waals surface area contributed by atoms with Crippen molar-refractivity contribution in [2.24, 2.45) is 0 Å². The Morgan fingerprint density at radius 1 is 1.32 bits per heavy atom. The summed E-state index contributed by atoms with van der Waals surface area (Å²) < 4.78 is 5.55. The fourth-order valence-electron chi connectivity index (χ4n) is 3.30. The predicted molar refractivity (Wildman–Crippen MR) is 83.3 cm³/mol. The molecule has 22 heavy (non-hydrogen) atoms. The second kappa shape index (κ2) is 7.03. The van der Waals surface area contributed by atoms with Crippen LogP contribution in [-0.2, 0) is 13.0 Å². The van der Waals surface area contributed by atoms with E-state index in [9.17, 15) is 5.11 Å². The highest BCUT2D eigenvalue weighted by atomic mass is 16.4. The molecule has 118 valence electrons. The standard InChI is InChI=1S/C17H23N3O2/c1-13-18-19-17(22-13)12-20(10-5-11-21)16-9-4-7-14-6-2-3-8-15(14)16/h2-3,6,8,16,21H,4-5,7,9-12H2,1H3/t16-/m0/s1. The van der Waals surface area contributed by atoms with Crippen LogP contribution in [-0.4, -0.2) is 33.4 Å². The highest BCUT2D eigenvalue weighted by Gasteiger charge is 2.26. The van der Waals surface area contributed by atoms with Crippen LogP contribution in [0.4, 0.5) is 0 Å². The van der Waals surface area contributed by atoms with Gasteiger partial charge in [0.1, 0.15) is 0 Å². The molecule has 0 radical (unpaired) electrons. The Bertz CT molecular complexity index is 611. The van der Waals surface area contributed by atoms with Gasteiger partial charge in [-0.2, -0.15) is 0 Å². The molecular weight excluding hydrogens is 278 g/mol. The van der Waals surface area contributed by atoms with Crippen molar-refractivity contribution in [3.8, 4) is 0 Å². The molecule has 0 aliphatic heterocycles. The number of aromatic nitrogens is 2. The van der Waals surface area contributed by atoms with Gasteiger partial charge in [0.05, 0.1) is 6.54 Å². The van der Waals surface area contributed by atoms with Gasteiger partial charge in [0.2, 0.25) is 11.8 Å². The molecule has 0 saturated heterocycles. The Balaban J connectivity index is 1.82. The summed E-state index contributed by atoms with van der Waals surface area (Å²) in [4.78, 5) is 2.36. The van der Waals surface area contributed by atoms with Crippen molar-refractivity contribution >= 4 is 0 Å². The van der Waals surface area contributed by atoms with Gasteiger partial charge in [-0.3, -0.25) is 4.90 Å². The van der Waals surface area contributed by atoms with Crippen molar-refractivity contribution in [1.29, 1.82) is 0 Å². The number of benzene rings is 1. The average molecular weight is 301 g/mol. The molecule has 1 aliphatic rings. The maximum atomic E-state index is 9.20. The Kier molecular flexibility index (Phi) is 4.85. The van der Waals surface area contributed by atoms with E-state index in [0.29, 0.717) is 24.4 Å². The van der Waals surface area contributed by atoms with E-state index in [1.54, 1.807) is 0 Å². The fourth-order valence-corrected chi connectivity index (χ4v) is 3.30. The lowest BCUT2D eigenvalue weighted by atomic mass is 9.86. The Labute approximate surface area is 131 Å². The molecule has 1 N–H and O–H groups in total. The molecule has 3 rings (SSSR count). The van der Waals surface area contributed by atoms with Crippen LogP contribution in [0.5, 0.6) is 0 Å². The van der Waals surface area contributed by atoms with Crippen LogP contribution in [0.15, 0.2) is 28.7 Å². The van der Waals surface area contributed by atoms with Gasteiger partial charge < -0.3 is 9.52 Å². The number of rotatable bonds is 6. The van der Waals surface area contributed by atoms with Gasteiger partial charge in [-0.1, -0.05) is 24.3 Å². The normalized spacial score (nSPS) is 17.7. The summed E-state index contributed by atoms with van der Waals surface area (Å²) in [6.45, 7) is 3.48. The van der Waals surface area contributed by atoms with E-state index in [4.69, 9.17) is 4.42 Å². The van der Waals surface area contributed by atoms with E-state index in [2.05, 4.69) is 39.4 Å². The SMILES string of the molecule is Cc1nnc(CN(CCCO)[C@H]2CCCc3ccccc32)o1. The molecule has 0 bridgehead atoms. The van der Waals surface area contributed by atoms with E-state index in [1.165, 1.54) is 17.5 Å². The topological polar surface area (TPSA) is 62.4 Å². The molecule has 0 unspecified atom stereocenters. The Morgan fingerprint density at radius 2 is 2.18 bits per heavy atom. The number of aliphatic hydroxyl groups is 1. The molecular formula is C17H23N3O2. The van der Waals surface area contributed by atoms with Gasteiger partial charge >= 0.3 is 0 Å². The molecule has 1 aromatic carbocycles. The smallest absolute Gasteiger partial charge is 0.230 e. The number of fused-ring (bicyclic) bond motifs is 1. The Hall–Kier alpha value is -1.72. The van der Waals surface area contributed by atoms with E-state index in [1.807, 2.05) is 6.92 Å². The molecule has 5 heteroatoms. The largest absolute Gasteiger partial charge is 0.424 e. The molecule has 2 aromatic rings. The first-order chi connectivity index (χ1) is 10.8. The van der Waals surface area contributed by atoms with Gasteiger partial charge in [-0.15, -0.1) is 10.2 Å². The van der Waals surface area contributed by atoms with Gasteiger partial charge in [-0.25, -0.2) is 0 Å². The first kappa shape index (κ1) is 15.2. The van der Waals surface area contributed by atoms with E-state index in [-0.39, 0.29) is 6.61 Å². The molecule has 1 atom stereocenters. The summed E-state index contributed by atoms with van der Waals surface area (Å²) >= 11 is 0. The monoisotopic (exact) mass is 301 g/mol. The van der Waals surface area contributed by atoms with E-state index >= 15 is 0 Å². The van der Waals surface area contributed by atoms with Crippen LogP contribution in [0.2, 0.25) is 0 Å². The maximum Gasteiger partial charge on any atom is 0.230 e. The van der Waals surface area contributed by atoms with Crippen LogP contribution >= 0.6 is 0 Å². The lowest BCUT2D eigenvalue weighted by Crippen LogP contribution is -2.32. The summed E-state index contributed by atoms with van der Waals surface area (Å²) in [7, 11) is 0. The van der Waals surface area contributed by atoms with Crippen molar-refractivity contribution in [2.45, 2.75) is 45.2 Å². The quantitative estimate of drug-likeness (QED) is 0.888. The van der Waals surface area contributed by atoms with Crippen molar-refractivity contribution in [2.75, 3.05) is 13.2 Å². The van der Waals surface area contributed by atoms with Gasteiger partial charge in [-0.05, 0) is 36.8 Å². The van der Waals surface area contributed by atoms with Gasteiger partial charge in [0.15, 0.2) is 0 Å². The summed E-state index contributed by atoms with van der Waals surface area (Å²) in [6.07, 6.45) is 4.24. The third-order valence-electron chi connectivity index (χ3n) is 4.29. The molecule has 0 saturated carbocycles. The minimum atomic E-state index is 0.202. The number of hydrogen-bond acceptors (Lipinski definition) is 5. The zero-order chi connectivity index (χ0) is 15.4. The molecule has 1 aromatic heterocycles. The zero-order valence-corrected chi connectivity index (χ0v) is 13.0. The number of aryl methyl sites for hydroxylation is 2. The third kappa shape index (κ3) is 3.36. The average Bonchev–Trinajstić information content (AvgIpc) is 2.96. The predicted octanol–water partition coefficient (Wildman–Crippen LogP) is 2.64. The Morgan fingerprint density at radius 3 is 2.95 bits per heavy atom. The first-order valence-electron chi connectivity index (χ1n) is 7.99. The van der Waals surface area contributed by atoms with E-state index < -0.39 is 0 Å². The summed E-state index contributed by atoms with van der Waals surface area (Å²) in [5.41, 5.74) is 2.84. The number of hydrogen-bond donors (Lipinski definition) is 1. The highest BCUT2D eigenvalue weighted by molar-refractivity contribution is 5.32. The highest BCUT2D eigenvalue weighted by Crippen LogP contribution is 2.35. The molecule has 0 fully saturated rings. The zero-order valence-electron chi connectivity index (χ0n) is 13.0. The summed E-state index contributed by atoms with van der Waals surface area (Å²) in [6, 6.07) is 9.04. The first-order valence-corrected chi connectivity index (χ1v) is 7.99. The molecule has 5 nitrogen and oxygen atoms in total. The van der Waals surface area contributed by atoms with Gasteiger partial charge in [0, 0.05) is 26.1 Å². The van der Waals surface area contributed by atoms with Crippen LogP contribution in [0, 0.1) is 6.92 Å². The fraction of sp³-hybridized carbons (Fsp3) is 0.529. The van der Waals surface area contributed by atoms with Crippen molar-refractivity contribution in [3.63, 3.8) is 0 Å². The van der Waals surface area contributed by atoms with Crippen LogP contribution in [0.3, 0.4) is 0 Å². The summed E-state index contributed by atoms with van der Waals surface area (Å²) in [5.74, 6) is 1.25. The third-order valence-corrected chi connectivity index (χ3v) is 4.29. The molecule has 1 heterocycles. The number of nitrogens with zero attached hydrogens (tertiary/aromatic N) is 3. The van der Waals surface area contributed by atoms with Crippen LogP contribution in [0.1, 0.15) is 48.2 Å². The lowest BCUT2D eigenvalue weighted by molar-refractivity contribution is 0.139.